The van der Waals surface area contributed by atoms with Crippen LogP contribution in [0.15, 0.2) is 12.1 Å². The summed E-state index contributed by atoms with van der Waals surface area (Å²) >= 11 is 6.02. The maximum Gasteiger partial charge on any atom is 0.255 e. The largest absolute Gasteiger partial charge is 0.480 e. The molecule has 0 unspecified atom stereocenters. The molecular formula is C17H24ClN3O2. The Balaban J connectivity index is 2.80. The zero-order valence-electron chi connectivity index (χ0n) is 13.9. The van der Waals surface area contributed by atoms with Crippen LogP contribution in [-0.4, -0.2) is 43.6 Å². The lowest BCUT2D eigenvalue weighted by atomic mass is 10.1. The number of hydrogen-bond donors (Lipinski definition) is 2. The van der Waals surface area contributed by atoms with Gasteiger partial charge in [0.15, 0.2) is 0 Å². The van der Waals surface area contributed by atoms with Crippen molar-refractivity contribution in [2.45, 2.75) is 20.8 Å². The van der Waals surface area contributed by atoms with Gasteiger partial charge in [0.25, 0.3) is 5.91 Å². The molecule has 1 rings (SSSR count). The molecule has 0 saturated carbocycles. The van der Waals surface area contributed by atoms with Crippen LogP contribution in [0.1, 0.15) is 31.1 Å². The summed E-state index contributed by atoms with van der Waals surface area (Å²) in [6.07, 6.45) is 0. The van der Waals surface area contributed by atoms with Gasteiger partial charge in [-0.1, -0.05) is 31.4 Å². The van der Waals surface area contributed by atoms with E-state index in [0.717, 1.165) is 19.6 Å². The van der Waals surface area contributed by atoms with Gasteiger partial charge in [-0.2, -0.15) is 0 Å². The number of ether oxygens (including phenoxy) is 1. The van der Waals surface area contributed by atoms with Gasteiger partial charge < -0.3 is 20.7 Å². The lowest BCUT2D eigenvalue weighted by Crippen LogP contribution is -2.35. The predicted octanol–water partition coefficient (Wildman–Crippen LogP) is 2.40. The van der Waals surface area contributed by atoms with Crippen LogP contribution in [0.5, 0.6) is 5.75 Å². The summed E-state index contributed by atoms with van der Waals surface area (Å²) in [6, 6.07) is 3.08. The normalized spacial score (nSPS) is 10.1. The Morgan fingerprint density at radius 1 is 1.39 bits per heavy atom. The lowest BCUT2D eigenvalue weighted by Gasteiger charge is -2.18. The third kappa shape index (κ3) is 6.01. The molecule has 0 aliphatic rings. The molecular weight excluding hydrogens is 314 g/mol. The molecule has 0 aliphatic heterocycles. The van der Waals surface area contributed by atoms with Crippen molar-refractivity contribution in [2.75, 3.05) is 38.5 Å². The van der Waals surface area contributed by atoms with E-state index in [-0.39, 0.29) is 12.5 Å². The molecule has 1 amide bonds. The number of nitrogen functional groups attached to an aromatic ring is 1. The Morgan fingerprint density at radius 3 is 2.70 bits per heavy atom. The second kappa shape index (κ2) is 9.98. The third-order valence-electron chi connectivity index (χ3n) is 3.43. The Bertz CT molecular complexity index is 589. The first kappa shape index (κ1) is 19.1. The van der Waals surface area contributed by atoms with E-state index in [4.69, 9.17) is 22.1 Å². The van der Waals surface area contributed by atoms with Crippen LogP contribution in [-0.2, 0) is 0 Å². The summed E-state index contributed by atoms with van der Waals surface area (Å²) in [6.45, 7) is 9.33. The quantitative estimate of drug-likeness (QED) is 0.564. The fourth-order valence-corrected chi connectivity index (χ4v) is 2.18. The molecule has 126 valence electrons. The van der Waals surface area contributed by atoms with E-state index in [1.807, 2.05) is 0 Å². The molecule has 0 aromatic heterocycles. The number of hydrogen-bond acceptors (Lipinski definition) is 4. The van der Waals surface area contributed by atoms with Crippen molar-refractivity contribution in [2.24, 2.45) is 0 Å². The molecule has 6 heteroatoms. The van der Waals surface area contributed by atoms with Gasteiger partial charge in [0.05, 0.1) is 16.3 Å². The van der Waals surface area contributed by atoms with Crippen LogP contribution in [0.25, 0.3) is 0 Å². The lowest BCUT2D eigenvalue weighted by molar-refractivity contribution is 0.0945. The Hall–Kier alpha value is -1.90. The van der Waals surface area contributed by atoms with Gasteiger partial charge in [-0.3, -0.25) is 4.79 Å². The smallest absolute Gasteiger partial charge is 0.255 e. The van der Waals surface area contributed by atoms with E-state index in [9.17, 15) is 4.79 Å². The van der Waals surface area contributed by atoms with Crippen molar-refractivity contribution in [1.29, 1.82) is 0 Å². The Kier molecular flexibility index (Phi) is 8.31. The summed E-state index contributed by atoms with van der Waals surface area (Å²) in [5.41, 5.74) is 6.51. The Labute approximate surface area is 143 Å². The summed E-state index contributed by atoms with van der Waals surface area (Å²) in [7, 11) is 0. The molecule has 1 aromatic rings. The fourth-order valence-electron chi connectivity index (χ4n) is 2.01. The number of amides is 1. The number of nitrogens with zero attached hydrogens (tertiary/aromatic N) is 1. The third-order valence-corrected chi connectivity index (χ3v) is 3.76. The minimum atomic E-state index is -0.237. The van der Waals surface area contributed by atoms with Gasteiger partial charge in [0, 0.05) is 19.2 Å². The van der Waals surface area contributed by atoms with Crippen LogP contribution in [0.2, 0.25) is 5.02 Å². The maximum absolute atomic E-state index is 12.4. The molecule has 23 heavy (non-hydrogen) atoms. The van der Waals surface area contributed by atoms with E-state index in [1.54, 1.807) is 13.0 Å². The number of nitrogens with one attached hydrogen (secondary N) is 1. The van der Waals surface area contributed by atoms with Gasteiger partial charge in [-0.05, 0) is 26.1 Å². The zero-order valence-corrected chi connectivity index (χ0v) is 14.7. The Morgan fingerprint density at radius 2 is 2.09 bits per heavy atom. The topological polar surface area (TPSA) is 67.6 Å². The predicted molar refractivity (Wildman–Crippen MR) is 94.9 cm³/mol. The van der Waals surface area contributed by atoms with Crippen molar-refractivity contribution < 1.29 is 9.53 Å². The van der Waals surface area contributed by atoms with Crippen LogP contribution in [0.4, 0.5) is 5.69 Å². The standard InChI is InChI=1S/C17H24ClN3O2/c1-4-7-10-23-16-12-15(19)14(18)11-13(16)17(22)20-8-9-21(5-2)6-3/h11-12H,5-6,8-10,19H2,1-3H3,(H,20,22). The number of carbonyl (C=O) groups is 1. The monoisotopic (exact) mass is 337 g/mol. The van der Waals surface area contributed by atoms with Gasteiger partial charge in [-0.15, -0.1) is 5.92 Å². The summed E-state index contributed by atoms with van der Waals surface area (Å²) < 4.78 is 5.52. The summed E-state index contributed by atoms with van der Waals surface area (Å²) in [5, 5.41) is 3.21. The van der Waals surface area contributed by atoms with Crippen LogP contribution in [0, 0.1) is 11.8 Å². The van der Waals surface area contributed by atoms with Crippen molar-refractivity contribution >= 4 is 23.2 Å². The van der Waals surface area contributed by atoms with Crippen LogP contribution >= 0.6 is 11.6 Å². The number of carbonyl (C=O) groups excluding carboxylic acids is 1. The first-order chi connectivity index (χ1) is 11.0. The number of benzene rings is 1. The van der Waals surface area contributed by atoms with Gasteiger partial charge in [0.2, 0.25) is 0 Å². The minimum absolute atomic E-state index is 0.192. The first-order valence-corrected chi connectivity index (χ1v) is 8.03. The van der Waals surface area contributed by atoms with E-state index in [0.29, 0.717) is 28.6 Å². The molecule has 0 aliphatic carbocycles. The van der Waals surface area contributed by atoms with Crippen molar-refractivity contribution in [3.8, 4) is 17.6 Å². The summed E-state index contributed by atoms with van der Waals surface area (Å²) in [5.74, 6) is 5.67. The minimum Gasteiger partial charge on any atom is -0.480 e. The average molecular weight is 338 g/mol. The summed E-state index contributed by atoms with van der Waals surface area (Å²) in [4.78, 5) is 14.6. The molecule has 0 fully saturated rings. The highest BCUT2D eigenvalue weighted by atomic mass is 35.5. The van der Waals surface area contributed by atoms with Crippen LogP contribution in [0.3, 0.4) is 0 Å². The number of rotatable bonds is 8. The average Bonchev–Trinajstić information content (AvgIpc) is 2.54. The molecule has 0 spiro atoms. The van der Waals surface area contributed by atoms with Crippen molar-refractivity contribution in [1.82, 2.24) is 10.2 Å². The van der Waals surface area contributed by atoms with E-state index in [1.165, 1.54) is 6.07 Å². The molecule has 0 atom stereocenters. The molecule has 5 nitrogen and oxygen atoms in total. The SMILES string of the molecule is CC#CCOc1cc(N)c(Cl)cc1C(=O)NCCN(CC)CC. The van der Waals surface area contributed by atoms with E-state index in [2.05, 4.69) is 35.9 Å². The van der Waals surface area contributed by atoms with E-state index < -0.39 is 0 Å². The molecule has 3 N–H and O–H groups in total. The van der Waals surface area contributed by atoms with Gasteiger partial charge >= 0.3 is 0 Å². The molecule has 1 aromatic carbocycles. The van der Waals surface area contributed by atoms with Crippen molar-refractivity contribution in [3.05, 3.63) is 22.7 Å². The molecule has 0 saturated heterocycles. The fraction of sp³-hybridized carbons (Fsp3) is 0.471. The number of likely N-dealkylation sites (N-methyl/N-ethyl adjacent to an activating group) is 1. The second-order valence-corrected chi connectivity index (χ2v) is 5.28. The van der Waals surface area contributed by atoms with Gasteiger partial charge in [0.1, 0.15) is 12.4 Å². The van der Waals surface area contributed by atoms with Crippen molar-refractivity contribution in [3.63, 3.8) is 0 Å². The number of anilines is 1. The number of nitrogens with two attached hydrogens (primary N) is 1. The molecule has 0 heterocycles. The highest BCUT2D eigenvalue weighted by Gasteiger charge is 2.15. The highest BCUT2D eigenvalue weighted by molar-refractivity contribution is 6.33. The first-order valence-electron chi connectivity index (χ1n) is 7.65. The molecule has 0 radical (unpaired) electrons. The van der Waals surface area contributed by atoms with Gasteiger partial charge in [-0.25, -0.2) is 0 Å². The highest BCUT2D eigenvalue weighted by Crippen LogP contribution is 2.29. The van der Waals surface area contributed by atoms with E-state index >= 15 is 0 Å². The number of halogens is 1. The second-order valence-electron chi connectivity index (χ2n) is 4.87. The molecule has 0 bridgehead atoms. The van der Waals surface area contributed by atoms with Crippen LogP contribution < -0.4 is 15.8 Å². The maximum atomic E-state index is 12.4. The zero-order chi connectivity index (χ0) is 17.2.